The highest BCUT2D eigenvalue weighted by Gasteiger charge is 1.96. The topological polar surface area (TPSA) is 41.1 Å². The molecule has 0 spiro atoms. The van der Waals surface area contributed by atoms with Crippen molar-refractivity contribution in [2.75, 3.05) is 12.4 Å². The molecule has 0 aromatic heterocycles. The van der Waals surface area contributed by atoms with Crippen molar-refractivity contribution in [1.82, 2.24) is 5.32 Å². The van der Waals surface area contributed by atoms with Crippen LogP contribution in [0.2, 0.25) is 5.02 Å². The van der Waals surface area contributed by atoms with Crippen molar-refractivity contribution in [3.63, 3.8) is 0 Å². The molecule has 0 aliphatic heterocycles. The van der Waals surface area contributed by atoms with Gasteiger partial charge in [0.1, 0.15) is 0 Å². The fraction of sp³-hybridized carbons (Fsp3) is 0.125. The van der Waals surface area contributed by atoms with Gasteiger partial charge in [-0.15, -0.1) is 0 Å². The smallest absolute Gasteiger partial charge is 0.318 e. The maximum Gasteiger partial charge on any atom is 0.318 e. The third-order valence-corrected chi connectivity index (χ3v) is 1.49. The highest BCUT2D eigenvalue weighted by molar-refractivity contribution is 6.30. The summed E-state index contributed by atoms with van der Waals surface area (Å²) < 4.78 is 0. The number of carbonyl (C=O) groups excluding carboxylic acids is 1. The lowest BCUT2D eigenvalue weighted by molar-refractivity contribution is 0.254. The van der Waals surface area contributed by atoms with Crippen LogP contribution in [0, 0.1) is 6.07 Å². The first kappa shape index (κ1) is 8.87. The van der Waals surface area contributed by atoms with E-state index >= 15 is 0 Å². The number of urea groups is 1. The Kier molecular flexibility index (Phi) is 2.94. The molecule has 0 aliphatic rings. The minimum absolute atomic E-state index is 0.270. The molecule has 0 fully saturated rings. The van der Waals surface area contributed by atoms with E-state index in [1.54, 1.807) is 25.2 Å². The molecular formula is C8H8ClN2O. The largest absolute Gasteiger partial charge is 0.341 e. The summed E-state index contributed by atoms with van der Waals surface area (Å²) in [6, 6.07) is 7.48. The lowest BCUT2D eigenvalue weighted by atomic mass is 10.3. The molecule has 0 atom stereocenters. The molecule has 2 N–H and O–H groups in total. The van der Waals surface area contributed by atoms with Crippen LogP contribution in [0.15, 0.2) is 18.2 Å². The fourth-order valence-electron chi connectivity index (χ4n) is 0.668. The monoisotopic (exact) mass is 183 g/mol. The van der Waals surface area contributed by atoms with Crippen molar-refractivity contribution in [3.05, 3.63) is 29.3 Å². The molecule has 2 amide bonds. The van der Waals surface area contributed by atoms with E-state index in [0.717, 1.165) is 0 Å². The van der Waals surface area contributed by atoms with Crippen molar-refractivity contribution in [2.24, 2.45) is 0 Å². The van der Waals surface area contributed by atoms with Crippen molar-refractivity contribution in [3.8, 4) is 0 Å². The van der Waals surface area contributed by atoms with E-state index in [4.69, 9.17) is 11.6 Å². The Morgan fingerprint density at radius 1 is 1.58 bits per heavy atom. The summed E-state index contributed by atoms with van der Waals surface area (Å²) in [6.07, 6.45) is 0. The zero-order valence-electron chi connectivity index (χ0n) is 6.52. The number of hydrogen-bond acceptors (Lipinski definition) is 1. The Morgan fingerprint density at radius 3 is 2.83 bits per heavy atom. The third-order valence-electron chi connectivity index (χ3n) is 1.25. The van der Waals surface area contributed by atoms with Gasteiger partial charge in [-0.3, -0.25) is 0 Å². The summed E-state index contributed by atoms with van der Waals surface area (Å²) in [5, 5.41) is 5.57. The maximum absolute atomic E-state index is 10.8. The number of amides is 2. The van der Waals surface area contributed by atoms with Gasteiger partial charge in [0.25, 0.3) is 0 Å². The molecule has 1 aromatic rings. The van der Waals surface area contributed by atoms with Crippen molar-refractivity contribution in [2.45, 2.75) is 0 Å². The highest BCUT2D eigenvalue weighted by atomic mass is 35.5. The molecule has 3 nitrogen and oxygen atoms in total. The summed E-state index contributed by atoms with van der Waals surface area (Å²) in [6.45, 7) is 0. The second-order valence-corrected chi connectivity index (χ2v) is 2.56. The summed E-state index contributed by atoms with van der Waals surface area (Å²) in [5.74, 6) is 0. The van der Waals surface area contributed by atoms with E-state index in [9.17, 15) is 4.79 Å². The van der Waals surface area contributed by atoms with Crippen LogP contribution in [0.3, 0.4) is 0 Å². The molecular weight excluding hydrogens is 176 g/mol. The van der Waals surface area contributed by atoms with Gasteiger partial charge in [-0.05, 0) is 18.2 Å². The number of carbonyl (C=O) groups is 1. The van der Waals surface area contributed by atoms with Crippen LogP contribution >= 0.6 is 11.6 Å². The van der Waals surface area contributed by atoms with Gasteiger partial charge in [0.2, 0.25) is 0 Å². The average Bonchev–Trinajstić information content (AvgIpc) is 2.09. The number of halogens is 1. The van der Waals surface area contributed by atoms with Crippen molar-refractivity contribution >= 4 is 23.3 Å². The summed E-state index contributed by atoms with van der Waals surface area (Å²) in [7, 11) is 1.55. The van der Waals surface area contributed by atoms with Gasteiger partial charge in [0.15, 0.2) is 0 Å². The predicted molar refractivity (Wildman–Crippen MR) is 48.4 cm³/mol. The molecule has 0 heterocycles. The first-order valence-corrected chi connectivity index (χ1v) is 3.76. The molecule has 0 saturated carbocycles. The second-order valence-electron chi connectivity index (χ2n) is 2.12. The Labute approximate surface area is 75.7 Å². The zero-order chi connectivity index (χ0) is 8.97. The van der Waals surface area contributed by atoms with E-state index in [1.165, 1.54) is 0 Å². The number of hydrogen-bond donors (Lipinski definition) is 2. The molecule has 4 heteroatoms. The molecule has 1 aromatic carbocycles. The van der Waals surface area contributed by atoms with Crippen molar-refractivity contribution in [1.29, 1.82) is 0 Å². The lowest BCUT2D eigenvalue weighted by Gasteiger charge is -2.02. The van der Waals surface area contributed by atoms with Crippen molar-refractivity contribution < 1.29 is 4.79 Å². The molecule has 0 saturated heterocycles. The van der Waals surface area contributed by atoms with Crippen LogP contribution in [0.4, 0.5) is 10.5 Å². The molecule has 12 heavy (non-hydrogen) atoms. The molecule has 1 rings (SSSR count). The number of nitrogens with one attached hydrogen (secondary N) is 2. The van der Waals surface area contributed by atoms with E-state index in [0.29, 0.717) is 10.7 Å². The van der Waals surface area contributed by atoms with E-state index in [2.05, 4.69) is 16.7 Å². The quantitative estimate of drug-likeness (QED) is 0.686. The molecule has 0 unspecified atom stereocenters. The fourth-order valence-corrected chi connectivity index (χ4v) is 0.786. The minimum atomic E-state index is -0.270. The van der Waals surface area contributed by atoms with E-state index < -0.39 is 0 Å². The molecule has 63 valence electrons. The van der Waals surface area contributed by atoms with Gasteiger partial charge in [-0.2, -0.15) is 0 Å². The van der Waals surface area contributed by atoms with Crippen LogP contribution in [-0.4, -0.2) is 13.1 Å². The number of rotatable bonds is 1. The highest BCUT2D eigenvalue weighted by Crippen LogP contribution is 2.11. The van der Waals surface area contributed by atoms with Crippen LogP contribution in [0.25, 0.3) is 0 Å². The van der Waals surface area contributed by atoms with Gasteiger partial charge in [-0.1, -0.05) is 11.6 Å². The predicted octanol–water partition coefficient (Wildman–Crippen LogP) is 1.89. The summed E-state index contributed by atoms with van der Waals surface area (Å²) in [4.78, 5) is 10.8. The number of benzene rings is 1. The first-order chi connectivity index (χ1) is 5.72. The Bertz CT molecular complexity index is 271. The van der Waals surface area contributed by atoms with Crippen LogP contribution in [0.1, 0.15) is 0 Å². The summed E-state index contributed by atoms with van der Waals surface area (Å²) >= 11 is 5.62. The average molecular weight is 184 g/mol. The molecule has 1 radical (unpaired) electrons. The Balaban J connectivity index is 2.64. The SMILES string of the molecule is CNC(=O)Nc1[c]cc(Cl)cc1. The minimum Gasteiger partial charge on any atom is -0.341 e. The molecule has 0 aliphatic carbocycles. The second kappa shape index (κ2) is 3.97. The van der Waals surface area contributed by atoms with Gasteiger partial charge in [0.05, 0.1) is 5.69 Å². The Morgan fingerprint density at radius 2 is 2.33 bits per heavy atom. The molecule has 0 bridgehead atoms. The van der Waals surface area contributed by atoms with Gasteiger partial charge in [0, 0.05) is 18.1 Å². The standard InChI is InChI=1S/C8H8ClN2O/c1-10-8(12)11-7-4-2-6(9)3-5-7/h2-4H,1H3,(H2,10,11,12). The Hall–Kier alpha value is -1.22. The lowest BCUT2D eigenvalue weighted by Crippen LogP contribution is -2.24. The normalized spacial score (nSPS) is 9.17. The van der Waals surface area contributed by atoms with Crippen LogP contribution in [0.5, 0.6) is 0 Å². The van der Waals surface area contributed by atoms with Gasteiger partial charge in [-0.25, -0.2) is 4.79 Å². The van der Waals surface area contributed by atoms with Crippen LogP contribution in [-0.2, 0) is 0 Å². The number of anilines is 1. The van der Waals surface area contributed by atoms with Gasteiger partial charge >= 0.3 is 6.03 Å². The van der Waals surface area contributed by atoms with E-state index in [-0.39, 0.29) is 6.03 Å². The third kappa shape index (κ3) is 2.43. The first-order valence-electron chi connectivity index (χ1n) is 3.38. The van der Waals surface area contributed by atoms with Crippen LogP contribution < -0.4 is 10.6 Å². The maximum atomic E-state index is 10.8. The summed E-state index contributed by atoms with van der Waals surface area (Å²) in [5.41, 5.74) is 0.596. The van der Waals surface area contributed by atoms with E-state index in [1.807, 2.05) is 0 Å². The zero-order valence-corrected chi connectivity index (χ0v) is 7.27. The van der Waals surface area contributed by atoms with Gasteiger partial charge < -0.3 is 10.6 Å².